The number of carbonyl (C=O) groups is 1. The van der Waals surface area contributed by atoms with Crippen LogP contribution in [0.25, 0.3) is 0 Å². The van der Waals surface area contributed by atoms with Crippen molar-refractivity contribution in [2.75, 3.05) is 20.2 Å². The van der Waals surface area contributed by atoms with Crippen LogP contribution in [-0.2, 0) is 9.53 Å². The van der Waals surface area contributed by atoms with Gasteiger partial charge in [0.05, 0.1) is 7.11 Å². The largest absolute Gasteiger partial charge is 0.468 e. The molecule has 4 nitrogen and oxygen atoms in total. The van der Waals surface area contributed by atoms with Gasteiger partial charge in [0, 0.05) is 18.6 Å². The molecule has 2 atom stereocenters. The zero-order chi connectivity index (χ0) is 14.3. The van der Waals surface area contributed by atoms with Gasteiger partial charge < -0.3 is 15.0 Å². The van der Waals surface area contributed by atoms with Crippen molar-refractivity contribution in [3.8, 4) is 0 Å². The van der Waals surface area contributed by atoms with Crippen molar-refractivity contribution in [2.45, 2.75) is 71.0 Å². The van der Waals surface area contributed by atoms with Crippen LogP contribution in [0.1, 0.15) is 52.9 Å². The second kappa shape index (κ2) is 8.54. The zero-order valence-corrected chi connectivity index (χ0v) is 12.9. The van der Waals surface area contributed by atoms with Gasteiger partial charge in [-0.1, -0.05) is 26.7 Å². The lowest BCUT2D eigenvalue weighted by Gasteiger charge is -2.29. The maximum atomic E-state index is 11.8. The van der Waals surface area contributed by atoms with E-state index >= 15 is 0 Å². The average Bonchev–Trinajstić information content (AvgIpc) is 2.58. The number of nitrogens with one attached hydrogen (secondary N) is 1. The number of hydrogen-bond acceptors (Lipinski definition) is 4. The molecule has 2 unspecified atom stereocenters. The van der Waals surface area contributed by atoms with Crippen molar-refractivity contribution in [3.63, 3.8) is 0 Å². The zero-order valence-electron chi connectivity index (χ0n) is 12.9. The van der Waals surface area contributed by atoms with E-state index < -0.39 is 0 Å². The minimum absolute atomic E-state index is 0.142. The molecule has 0 aromatic heterocycles. The minimum Gasteiger partial charge on any atom is -0.468 e. The Morgan fingerprint density at radius 3 is 2.74 bits per heavy atom. The highest BCUT2D eigenvalue weighted by atomic mass is 16.5. The van der Waals surface area contributed by atoms with E-state index in [0.717, 1.165) is 19.5 Å². The summed E-state index contributed by atoms with van der Waals surface area (Å²) in [6, 6.07) is 0.756. The minimum atomic E-state index is -0.180. The fourth-order valence-electron chi connectivity index (χ4n) is 2.78. The van der Waals surface area contributed by atoms with Crippen molar-refractivity contribution >= 4 is 5.97 Å². The lowest BCUT2D eigenvalue weighted by atomic mass is 10.1. The van der Waals surface area contributed by atoms with E-state index in [4.69, 9.17) is 4.74 Å². The van der Waals surface area contributed by atoms with Crippen molar-refractivity contribution in [2.24, 2.45) is 0 Å². The second-order valence-corrected chi connectivity index (χ2v) is 5.92. The van der Waals surface area contributed by atoms with Gasteiger partial charge in [0.15, 0.2) is 0 Å². The first-order valence-electron chi connectivity index (χ1n) is 7.62. The summed E-state index contributed by atoms with van der Waals surface area (Å²) in [6.07, 6.45) is 6.06. The van der Waals surface area contributed by atoms with Crippen molar-refractivity contribution in [3.05, 3.63) is 0 Å². The molecule has 112 valence electrons. The number of ether oxygens (including phenoxy) is 1. The third kappa shape index (κ3) is 5.91. The number of methoxy groups -OCH3 is 1. The lowest BCUT2D eigenvalue weighted by molar-refractivity contribution is -0.143. The van der Waals surface area contributed by atoms with Gasteiger partial charge >= 0.3 is 5.97 Å². The second-order valence-electron chi connectivity index (χ2n) is 5.92. The molecule has 0 amide bonds. The Bertz CT molecular complexity index is 269. The third-order valence-corrected chi connectivity index (χ3v) is 3.92. The number of carbonyl (C=O) groups excluding carboxylic acids is 1. The van der Waals surface area contributed by atoms with Gasteiger partial charge in [-0.15, -0.1) is 0 Å². The Morgan fingerprint density at radius 1 is 1.37 bits per heavy atom. The van der Waals surface area contributed by atoms with Gasteiger partial charge in [0.1, 0.15) is 6.04 Å². The molecule has 0 saturated carbocycles. The van der Waals surface area contributed by atoms with Crippen molar-refractivity contribution in [1.29, 1.82) is 0 Å². The van der Waals surface area contributed by atoms with E-state index in [1.807, 2.05) is 0 Å². The Labute approximate surface area is 117 Å². The summed E-state index contributed by atoms with van der Waals surface area (Å²) in [6.45, 7) is 8.56. The van der Waals surface area contributed by atoms with Crippen LogP contribution in [0.15, 0.2) is 0 Å². The highest BCUT2D eigenvalue weighted by Crippen LogP contribution is 2.17. The van der Waals surface area contributed by atoms with Crippen LogP contribution in [0.2, 0.25) is 0 Å². The van der Waals surface area contributed by atoms with Gasteiger partial charge in [-0.05, 0) is 32.7 Å². The van der Waals surface area contributed by atoms with Gasteiger partial charge in [-0.2, -0.15) is 0 Å². The van der Waals surface area contributed by atoms with Crippen LogP contribution >= 0.6 is 0 Å². The van der Waals surface area contributed by atoms with Gasteiger partial charge in [0.25, 0.3) is 0 Å². The van der Waals surface area contributed by atoms with E-state index in [1.54, 1.807) is 0 Å². The fourth-order valence-corrected chi connectivity index (χ4v) is 2.78. The number of esters is 1. The summed E-state index contributed by atoms with van der Waals surface area (Å²) in [5.41, 5.74) is 0. The van der Waals surface area contributed by atoms with E-state index in [2.05, 4.69) is 31.0 Å². The number of hydrogen-bond donors (Lipinski definition) is 1. The first-order valence-corrected chi connectivity index (χ1v) is 7.62. The van der Waals surface area contributed by atoms with Crippen molar-refractivity contribution < 1.29 is 9.53 Å². The van der Waals surface area contributed by atoms with E-state index in [0.29, 0.717) is 12.1 Å². The Hall–Kier alpha value is -0.610. The standard InChI is InChI=1S/C15H30N2O2/c1-12(2)16-14(15(18)19-4)9-11-17-10-7-5-6-8-13(17)3/h12-14,16H,5-11H2,1-4H3. The van der Waals surface area contributed by atoms with Crippen molar-refractivity contribution in [1.82, 2.24) is 10.2 Å². The van der Waals surface area contributed by atoms with Crippen LogP contribution < -0.4 is 5.32 Å². The van der Waals surface area contributed by atoms with Gasteiger partial charge in [-0.3, -0.25) is 4.79 Å². The summed E-state index contributed by atoms with van der Waals surface area (Å²) >= 11 is 0. The molecule has 0 aliphatic carbocycles. The third-order valence-electron chi connectivity index (χ3n) is 3.92. The molecule has 1 aliphatic rings. The SMILES string of the molecule is COC(=O)C(CCN1CCCCCC1C)NC(C)C. The fraction of sp³-hybridized carbons (Fsp3) is 0.933. The predicted molar refractivity (Wildman–Crippen MR) is 78.2 cm³/mol. The van der Waals surface area contributed by atoms with Crippen LogP contribution in [0.3, 0.4) is 0 Å². The number of rotatable bonds is 6. The Balaban J connectivity index is 2.47. The average molecular weight is 270 g/mol. The summed E-state index contributed by atoms with van der Waals surface area (Å²) in [4.78, 5) is 14.3. The summed E-state index contributed by atoms with van der Waals surface area (Å²) in [7, 11) is 1.46. The van der Waals surface area contributed by atoms with Crippen LogP contribution in [0.4, 0.5) is 0 Å². The molecule has 4 heteroatoms. The lowest BCUT2D eigenvalue weighted by Crippen LogP contribution is -2.45. The maximum Gasteiger partial charge on any atom is 0.322 e. The monoisotopic (exact) mass is 270 g/mol. The molecule has 0 aromatic rings. The van der Waals surface area contributed by atoms with Gasteiger partial charge in [0.2, 0.25) is 0 Å². The molecular weight excluding hydrogens is 240 g/mol. The quantitative estimate of drug-likeness (QED) is 0.751. The highest BCUT2D eigenvalue weighted by molar-refractivity contribution is 5.75. The van der Waals surface area contributed by atoms with E-state index in [1.165, 1.54) is 32.8 Å². The first kappa shape index (κ1) is 16.4. The molecule has 19 heavy (non-hydrogen) atoms. The molecule has 0 aromatic carbocycles. The Kier molecular flexibility index (Phi) is 7.39. The molecule has 1 fully saturated rings. The number of nitrogens with zero attached hydrogens (tertiary/aromatic N) is 1. The molecule has 1 aliphatic heterocycles. The molecule has 1 rings (SSSR count). The molecule has 1 saturated heterocycles. The topological polar surface area (TPSA) is 41.6 Å². The first-order chi connectivity index (χ1) is 9.04. The molecule has 1 N–H and O–H groups in total. The van der Waals surface area contributed by atoms with Crippen LogP contribution in [0.5, 0.6) is 0 Å². The van der Waals surface area contributed by atoms with E-state index in [-0.39, 0.29) is 12.0 Å². The molecular formula is C15H30N2O2. The Morgan fingerprint density at radius 2 is 2.11 bits per heavy atom. The van der Waals surface area contributed by atoms with Crippen LogP contribution in [-0.4, -0.2) is 49.2 Å². The van der Waals surface area contributed by atoms with Crippen LogP contribution in [0, 0.1) is 0 Å². The molecule has 0 radical (unpaired) electrons. The summed E-state index contributed by atoms with van der Waals surface area (Å²) in [5.74, 6) is -0.142. The van der Waals surface area contributed by atoms with Gasteiger partial charge in [-0.25, -0.2) is 0 Å². The maximum absolute atomic E-state index is 11.8. The number of likely N-dealkylation sites (tertiary alicyclic amines) is 1. The highest BCUT2D eigenvalue weighted by Gasteiger charge is 2.23. The summed E-state index contributed by atoms with van der Waals surface area (Å²) in [5, 5.41) is 3.30. The normalized spacial score (nSPS) is 23.1. The van der Waals surface area contributed by atoms with E-state index in [9.17, 15) is 4.79 Å². The predicted octanol–water partition coefficient (Wildman–Crippen LogP) is 2.18. The molecule has 0 bridgehead atoms. The summed E-state index contributed by atoms with van der Waals surface area (Å²) < 4.78 is 4.88. The molecule has 0 spiro atoms. The smallest absolute Gasteiger partial charge is 0.322 e. The molecule has 1 heterocycles.